The fourth-order valence-corrected chi connectivity index (χ4v) is 1.49. The monoisotopic (exact) mass is 243 g/mol. The molecule has 0 aromatic rings. The van der Waals surface area contributed by atoms with Gasteiger partial charge >= 0.3 is 0 Å². The quantitative estimate of drug-likeness (QED) is 0.598. The lowest BCUT2D eigenvalue weighted by atomic mass is 10.0. The lowest BCUT2D eigenvalue weighted by Crippen LogP contribution is -2.38. The van der Waals surface area contributed by atoms with Gasteiger partial charge in [0, 0.05) is 12.6 Å². The number of rotatable bonds is 9. The average molecular weight is 243 g/mol. The van der Waals surface area contributed by atoms with Crippen molar-refractivity contribution in [2.75, 3.05) is 26.7 Å². The first-order valence-corrected chi connectivity index (χ1v) is 6.68. The fraction of sp³-hybridized carbons (Fsp3) is 0.923. The SMILES string of the molecule is CCCCNC(=O)CN(C)CCC(N)C(C)C. The lowest BCUT2D eigenvalue weighted by molar-refractivity contribution is -0.121. The molecule has 4 nitrogen and oxygen atoms in total. The smallest absolute Gasteiger partial charge is 0.234 e. The molecule has 0 aliphatic carbocycles. The Morgan fingerprint density at radius 2 is 2.06 bits per heavy atom. The largest absolute Gasteiger partial charge is 0.355 e. The van der Waals surface area contributed by atoms with Crippen LogP contribution < -0.4 is 11.1 Å². The highest BCUT2D eigenvalue weighted by molar-refractivity contribution is 5.77. The zero-order valence-corrected chi connectivity index (χ0v) is 11.8. The minimum Gasteiger partial charge on any atom is -0.355 e. The molecule has 0 aliphatic rings. The molecule has 0 aromatic heterocycles. The van der Waals surface area contributed by atoms with E-state index in [1.807, 2.05) is 11.9 Å². The van der Waals surface area contributed by atoms with Crippen LogP contribution in [0.2, 0.25) is 0 Å². The van der Waals surface area contributed by atoms with E-state index in [0.717, 1.165) is 32.4 Å². The predicted molar refractivity (Wildman–Crippen MR) is 72.8 cm³/mol. The molecule has 0 saturated heterocycles. The van der Waals surface area contributed by atoms with Gasteiger partial charge in [0.05, 0.1) is 6.54 Å². The van der Waals surface area contributed by atoms with Gasteiger partial charge in [0.25, 0.3) is 0 Å². The molecule has 0 spiro atoms. The number of carbonyl (C=O) groups excluding carboxylic acids is 1. The summed E-state index contributed by atoms with van der Waals surface area (Å²) in [5.74, 6) is 0.612. The first kappa shape index (κ1) is 16.4. The van der Waals surface area contributed by atoms with Crippen LogP contribution in [-0.2, 0) is 4.79 Å². The molecule has 0 aromatic carbocycles. The molecule has 0 aliphatic heterocycles. The van der Waals surface area contributed by atoms with Gasteiger partial charge in [0.1, 0.15) is 0 Å². The number of carbonyl (C=O) groups is 1. The average Bonchev–Trinajstić information content (AvgIpc) is 2.26. The van der Waals surface area contributed by atoms with Gasteiger partial charge in [-0.05, 0) is 32.4 Å². The van der Waals surface area contributed by atoms with Crippen molar-refractivity contribution < 1.29 is 4.79 Å². The zero-order chi connectivity index (χ0) is 13.3. The maximum absolute atomic E-state index is 11.5. The summed E-state index contributed by atoms with van der Waals surface area (Å²) in [4.78, 5) is 13.6. The number of amides is 1. The summed E-state index contributed by atoms with van der Waals surface area (Å²) in [6, 6.07) is 0.223. The van der Waals surface area contributed by atoms with Crippen LogP contribution in [0, 0.1) is 5.92 Å². The van der Waals surface area contributed by atoms with Crippen molar-refractivity contribution in [1.29, 1.82) is 0 Å². The van der Waals surface area contributed by atoms with E-state index in [2.05, 4.69) is 26.1 Å². The molecule has 102 valence electrons. The van der Waals surface area contributed by atoms with E-state index in [9.17, 15) is 4.79 Å². The van der Waals surface area contributed by atoms with E-state index >= 15 is 0 Å². The van der Waals surface area contributed by atoms with Gasteiger partial charge in [-0.3, -0.25) is 9.69 Å². The summed E-state index contributed by atoms with van der Waals surface area (Å²) in [6.45, 7) is 8.50. The van der Waals surface area contributed by atoms with Crippen molar-refractivity contribution in [3.05, 3.63) is 0 Å². The molecule has 0 fully saturated rings. The van der Waals surface area contributed by atoms with Crippen molar-refractivity contribution in [3.8, 4) is 0 Å². The fourth-order valence-electron chi connectivity index (χ4n) is 1.49. The van der Waals surface area contributed by atoms with E-state index in [-0.39, 0.29) is 11.9 Å². The number of nitrogens with one attached hydrogen (secondary N) is 1. The molecule has 0 saturated carbocycles. The molecule has 0 radical (unpaired) electrons. The summed E-state index contributed by atoms with van der Waals surface area (Å²) >= 11 is 0. The summed E-state index contributed by atoms with van der Waals surface area (Å²) in [7, 11) is 1.96. The van der Waals surface area contributed by atoms with E-state index in [1.165, 1.54) is 0 Å². The van der Waals surface area contributed by atoms with Gasteiger partial charge in [-0.25, -0.2) is 0 Å². The van der Waals surface area contributed by atoms with E-state index < -0.39 is 0 Å². The predicted octanol–water partition coefficient (Wildman–Crippen LogP) is 1.21. The Labute approximate surface area is 106 Å². The normalized spacial score (nSPS) is 13.1. The van der Waals surface area contributed by atoms with Crippen molar-refractivity contribution in [1.82, 2.24) is 10.2 Å². The molecule has 17 heavy (non-hydrogen) atoms. The van der Waals surface area contributed by atoms with Gasteiger partial charge in [-0.2, -0.15) is 0 Å². The van der Waals surface area contributed by atoms with Crippen LogP contribution in [0.25, 0.3) is 0 Å². The van der Waals surface area contributed by atoms with Crippen molar-refractivity contribution in [2.45, 2.75) is 46.1 Å². The molecular formula is C13H29N3O. The van der Waals surface area contributed by atoms with Gasteiger partial charge in [-0.15, -0.1) is 0 Å². The minimum atomic E-state index is 0.110. The molecule has 4 heteroatoms. The maximum atomic E-state index is 11.5. The molecule has 1 atom stereocenters. The van der Waals surface area contributed by atoms with Gasteiger partial charge in [0.2, 0.25) is 5.91 Å². The van der Waals surface area contributed by atoms with Crippen molar-refractivity contribution in [2.24, 2.45) is 11.7 Å². The second-order valence-electron chi connectivity index (χ2n) is 5.14. The number of likely N-dealkylation sites (N-methyl/N-ethyl adjacent to an activating group) is 1. The molecule has 1 unspecified atom stereocenters. The number of hydrogen-bond acceptors (Lipinski definition) is 3. The van der Waals surface area contributed by atoms with Crippen LogP contribution in [0.5, 0.6) is 0 Å². The Morgan fingerprint density at radius 3 is 2.59 bits per heavy atom. The Hall–Kier alpha value is -0.610. The van der Waals surface area contributed by atoms with Crippen molar-refractivity contribution in [3.63, 3.8) is 0 Å². The highest BCUT2D eigenvalue weighted by Gasteiger charge is 2.10. The third kappa shape index (κ3) is 9.12. The van der Waals surface area contributed by atoms with E-state index in [1.54, 1.807) is 0 Å². The number of unbranched alkanes of at least 4 members (excludes halogenated alkanes) is 1. The highest BCUT2D eigenvalue weighted by atomic mass is 16.2. The molecule has 1 amide bonds. The summed E-state index contributed by atoms with van der Waals surface area (Å²) < 4.78 is 0. The number of nitrogens with two attached hydrogens (primary N) is 1. The Balaban J connectivity index is 3.63. The summed E-state index contributed by atoms with van der Waals surface area (Å²) in [6.07, 6.45) is 3.10. The third-order valence-electron chi connectivity index (χ3n) is 2.97. The summed E-state index contributed by atoms with van der Waals surface area (Å²) in [5.41, 5.74) is 5.97. The van der Waals surface area contributed by atoms with E-state index in [0.29, 0.717) is 12.5 Å². The van der Waals surface area contributed by atoms with Crippen LogP contribution in [0.4, 0.5) is 0 Å². The van der Waals surface area contributed by atoms with Crippen LogP contribution >= 0.6 is 0 Å². The van der Waals surface area contributed by atoms with Crippen LogP contribution in [0.15, 0.2) is 0 Å². The molecule has 3 N–H and O–H groups in total. The second-order valence-corrected chi connectivity index (χ2v) is 5.14. The molecule has 0 bridgehead atoms. The highest BCUT2D eigenvalue weighted by Crippen LogP contribution is 2.03. The molecular weight excluding hydrogens is 214 g/mol. The number of hydrogen-bond donors (Lipinski definition) is 2. The second kappa shape index (κ2) is 9.42. The molecule has 0 heterocycles. The molecule has 0 rings (SSSR count). The lowest BCUT2D eigenvalue weighted by Gasteiger charge is -2.20. The minimum absolute atomic E-state index is 0.110. The van der Waals surface area contributed by atoms with Crippen LogP contribution in [-0.4, -0.2) is 43.5 Å². The first-order valence-electron chi connectivity index (χ1n) is 6.68. The topological polar surface area (TPSA) is 58.4 Å². The maximum Gasteiger partial charge on any atom is 0.234 e. The Bertz CT molecular complexity index is 207. The van der Waals surface area contributed by atoms with E-state index in [4.69, 9.17) is 5.73 Å². The van der Waals surface area contributed by atoms with Crippen LogP contribution in [0.3, 0.4) is 0 Å². The third-order valence-corrected chi connectivity index (χ3v) is 2.97. The Morgan fingerprint density at radius 1 is 1.41 bits per heavy atom. The van der Waals surface area contributed by atoms with Gasteiger partial charge in [-0.1, -0.05) is 27.2 Å². The standard InChI is InChI=1S/C13H29N3O/c1-5-6-8-15-13(17)10-16(4)9-7-12(14)11(2)3/h11-12H,5-10,14H2,1-4H3,(H,15,17). The Kier molecular flexibility index (Phi) is 9.09. The number of nitrogens with zero attached hydrogens (tertiary/aromatic N) is 1. The zero-order valence-electron chi connectivity index (χ0n) is 11.8. The van der Waals surface area contributed by atoms with Crippen LogP contribution in [0.1, 0.15) is 40.0 Å². The first-order chi connectivity index (χ1) is 7.97. The van der Waals surface area contributed by atoms with Gasteiger partial charge < -0.3 is 11.1 Å². The van der Waals surface area contributed by atoms with Gasteiger partial charge in [0.15, 0.2) is 0 Å². The van der Waals surface area contributed by atoms with Crippen molar-refractivity contribution >= 4 is 5.91 Å². The summed E-state index contributed by atoms with van der Waals surface area (Å²) in [5, 5.41) is 2.91.